The molecular formula is C15H26N2O. The summed E-state index contributed by atoms with van der Waals surface area (Å²) in [6.07, 6.45) is 0. The van der Waals surface area contributed by atoms with Crippen LogP contribution >= 0.6 is 0 Å². The normalized spacial score (nSPS) is 13.1. The number of nitrogens with zero attached hydrogens (tertiary/aromatic N) is 1. The van der Waals surface area contributed by atoms with Crippen LogP contribution in [0.5, 0.6) is 0 Å². The SMILES string of the molecule is COCC(Nc1ccc(CN(C)C)cc1)C(C)C. The van der Waals surface area contributed by atoms with Gasteiger partial charge in [-0.2, -0.15) is 0 Å². The van der Waals surface area contributed by atoms with Crippen molar-refractivity contribution in [2.45, 2.75) is 26.4 Å². The van der Waals surface area contributed by atoms with E-state index in [1.807, 2.05) is 0 Å². The van der Waals surface area contributed by atoms with Crippen molar-refractivity contribution >= 4 is 5.69 Å². The van der Waals surface area contributed by atoms with Crippen LogP contribution in [0.3, 0.4) is 0 Å². The summed E-state index contributed by atoms with van der Waals surface area (Å²) in [6, 6.07) is 8.99. The standard InChI is InChI=1S/C15H26N2O/c1-12(2)15(11-18-5)16-14-8-6-13(7-9-14)10-17(3)4/h6-9,12,15-16H,10-11H2,1-5H3. The third kappa shape index (κ3) is 5.07. The molecule has 0 bridgehead atoms. The van der Waals surface area contributed by atoms with Crippen molar-refractivity contribution in [1.29, 1.82) is 0 Å². The molecule has 1 atom stereocenters. The number of hydrogen-bond acceptors (Lipinski definition) is 3. The number of methoxy groups -OCH3 is 1. The summed E-state index contributed by atoms with van der Waals surface area (Å²) in [5.74, 6) is 0.548. The highest BCUT2D eigenvalue weighted by molar-refractivity contribution is 5.45. The topological polar surface area (TPSA) is 24.5 Å². The summed E-state index contributed by atoms with van der Waals surface area (Å²) < 4.78 is 5.24. The van der Waals surface area contributed by atoms with Crippen LogP contribution in [0.15, 0.2) is 24.3 Å². The molecule has 18 heavy (non-hydrogen) atoms. The van der Waals surface area contributed by atoms with Gasteiger partial charge in [0.05, 0.1) is 12.6 Å². The largest absolute Gasteiger partial charge is 0.383 e. The highest BCUT2D eigenvalue weighted by Gasteiger charge is 2.12. The molecule has 0 saturated carbocycles. The number of rotatable bonds is 7. The molecule has 1 aromatic rings. The van der Waals surface area contributed by atoms with Crippen molar-refractivity contribution < 1.29 is 4.74 Å². The molecule has 1 aromatic carbocycles. The quantitative estimate of drug-likeness (QED) is 0.805. The Morgan fingerprint density at radius 2 is 1.78 bits per heavy atom. The minimum Gasteiger partial charge on any atom is -0.383 e. The van der Waals surface area contributed by atoms with Gasteiger partial charge in [-0.1, -0.05) is 26.0 Å². The van der Waals surface area contributed by atoms with Crippen LogP contribution in [0.25, 0.3) is 0 Å². The number of hydrogen-bond donors (Lipinski definition) is 1. The minimum atomic E-state index is 0.356. The van der Waals surface area contributed by atoms with Crippen LogP contribution in [0, 0.1) is 5.92 Å². The molecule has 0 amide bonds. The fourth-order valence-corrected chi connectivity index (χ4v) is 1.87. The molecule has 0 saturated heterocycles. The van der Waals surface area contributed by atoms with Gasteiger partial charge in [-0.15, -0.1) is 0 Å². The molecule has 0 spiro atoms. The smallest absolute Gasteiger partial charge is 0.0666 e. The number of ether oxygens (including phenoxy) is 1. The summed E-state index contributed by atoms with van der Waals surface area (Å²) in [5.41, 5.74) is 2.49. The molecule has 102 valence electrons. The van der Waals surface area contributed by atoms with E-state index in [1.54, 1.807) is 7.11 Å². The van der Waals surface area contributed by atoms with Crippen molar-refractivity contribution in [1.82, 2.24) is 4.90 Å². The van der Waals surface area contributed by atoms with Gasteiger partial charge in [-0.3, -0.25) is 0 Å². The first-order valence-electron chi connectivity index (χ1n) is 6.52. The summed E-state index contributed by atoms with van der Waals surface area (Å²) in [5, 5.41) is 3.52. The van der Waals surface area contributed by atoms with E-state index >= 15 is 0 Å². The van der Waals surface area contributed by atoms with E-state index in [2.05, 4.69) is 62.4 Å². The maximum Gasteiger partial charge on any atom is 0.0666 e. The number of nitrogens with one attached hydrogen (secondary N) is 1. The third-order valence-corrected chi connectivity index (χ3v) is 2.96. The summed E-state index contributed by atoms with van der Waals surface area (Å²) >= 11 is 0. The van der Waals surface area contributed by atoms with Gasteiger partial charge >= 0.3 is 0 Å². The lowest BCUT2D eigenvalue weighted by Crippen LogP contribution is -2.30. The molecule has 1 unspecified atom stereocenters. The van der Waals surface area contributed by atoms with Crippen molar-refractivity contribution in [2.24, 2.45) is 5.92 Å². The fraction of sp³-hybridized carbons (Fsp3) is 0.600. The van der Waals surface area contributed by atoms with Gasteiger partial charge in [0.2, 0.25) is 0 Å². The zero-order valence-electron chi connectivity index (χ0n) is 12.2. The molecule has 1 rings (SSSR count). The second-order valence-corrected chi connectivity index (χ2v) is 5.38. The zero-order valence-corrected chi connectivity index (χ0v) is 12.2. The lowest BCUT2D eigenvalue weighted by atomic mass is 10.0. The predicted molar refractivity (Wildman–Crippen MR) is 78.0 cm³/mol. The van der Waals surface area contributed by atoms with E-state index in [1.165, 1.54) is 5.56 Å². The molecule has 1 N–H and O–H groups in total. The Morgan fingerprint density at radius 1 is 1.17 bits per heavy atom. The van der Waals surface area contributed by atoms with Crippen LogP contribution in [0.1, 0.15) is 19.4 Å². The number of benzene rings is 1. The molecule has 0 aliphatic carbocycles. The molecule has 0 radical (unpaired) electrons. The monoisotopic (exact) mass is 250 g/mol. The van der Waals surface area contributed by atoms with Gasteiger partial charge in [0.15, 0.2) is 0 Å². The second kappa shape index (κ2) is 7.39. The van der Waals surface area contributed by atoms with Crippen LogP contribution < -0.4 is 5.32 Å². The van der Waals surface area contributed by atoms with E-state index < -0.39 is 0 Å². The average Bonchev–Trinajstić information content (AvgIpc) is 2.30. The Balaban J connectivity index is 2.61. The first-order chi connectivity index (χ1) is 8.52. The Kier molecular flexibility index (Phi) is 6.16. The van der Waals surface area contributed by atoms with Gasteiger partial charge in [-0.25, -0.2) is 0 Å². The van der Waals surface area contributed by atoms with Crippen molar-refractivity contribution in [3.8, 4) is 0 Å². The Labute approximate surface area is 111 Å². The van der Waals surface area contributed by atoms with Crippen LogP contribution in [-0.2, 0) is 11.3 Å². The molecule has 3 nitrogen and oxygen atoms in total. The van der Waals surface area contributed by atoms with Crippen molar-refractivity contribution in [3.63, 3.8) is 0 Å². The lowest BCUT2D eigenvalue weighted by molar-refractivity contribution is 0.171. The van der Waals surface area contributed by atoms with Gasteiger partial charge < -0.3 is 15.0 Å². The van der Waals surface area contributed by atoms with Crippen LogP contribution in [0.2, 0.25) is 0 Å². The summed E-state index contributed by atoms with van der Waals surface area (Å²) in [6.45, 7) is 6.12. The maximum atomic E-state index is 5.24. The van der Waals surface area contributed by atoms with E-state index in [0.29, 0.717) is 12.0 Å². The maximum absolute atomic E-state index is 5.24. The predicted octanol–water partition coefficient (Wildman–Crippen LogP) is 2.83. The molecular weight excluding hydrogens is 224 g/mol. The van der Waals surface area contributed by atoms with E-state index in [-0.39, 0.29) is 0 Å². The molecule has 0 aliphatic rings. The Bertz CT molecular complexity index is 333. The lowest BCUT2D eigenvalue weighted by Gasteiger charge is -2.23. The molecule has 0 aromatic heterocycles. The van der Waals surface area contributed by atoms with Gasteiger partial charge in [-0.05, 0) is 37.7 Å². The van der Waals surface area contributed by atoms with Crippen molar-refractivity contribution in [3.05, 3.63) is 29.8 Å². The van der Waals surface area contributed by atoms with E-state index in [9.17, 15) is 0 Å². The Morgan fingerprint density at radius 3 is 2.22 bits per heavy atom. The second-order valence-electron chi connectivity index (χ2n) is 5.38. The van der Waals surface area contributed by atoms with Crippen LogP contribution in [0.4, 0.5) is 5.69 Å². The Hall–Kier alpha value is -1.06. The highest BCUT2D eigenvalue weighted by Crippen LogP contribution is 2.15. The van der Waals surface area contributed by atoms with E-state index in [4.69, 9.17) is 4.74 Å². The van der Waals surface area contributed by atoms with E-state index in [0.717, 1.165) is 18.8 Å². The summed E-state index contributed by atoms with van der Waals surface area (Å²) in [4.78, 5) is 2.17. The average molecular weight is 250 g/mol. The first-order valence-corrected chi connectivity index (χ1v) is 6.52. The van der Waals surface area contributed by atoms with Gasteiger partial charge in [0, 0.05) is 19.3 Å². The molecule has 0 aliphatic heterocycles. The number of anilines is 1. The van der Waals surface area contributed by atoms with Crippen molar-refractivity contribution in [2.75, 3.05) is 33.1 Å². The van der Waals surface area contributed by atoms with Gasteiger partial charge in [0.1, 0.15) is 0 Å². The highest BCUT2D eigenvalue weighted by atomic mass is 16.5. The molecule has 3 heteroatoms. The molecule has 0 heterocycles. The fourth-order valence-electron chi connectivity index (χ4n) is 1.87. The molecule has 0 fully saturated rings. The van der Waals surface area contributed by atoms with Gasteiger partial charge in [0.25, 0.3) is 0 Å². The zero-order chi connectivity index (χ0) is 13.5. The minimum absolute atomic E-state index is 0.356. The van der Waals surface area contributed by atoms with Crippen LogP contribution in [-0.4, -0.2) is 38.8 Å². The first kappa shape index (κ1) is 15.0. The summed E-state index contributed by atoms with van der Waals surface area (Å²) in [7, 11) is 5.91. The third-order valence-electron chi connectivity index (χ3n) is 2.96.